The molecule has 5 aromatic rings. The second-order valence-corrected chi connectivity index (χ2v) is 11.1. The lowest BCUT2D eigenvalue weighted by atomic mass is 9.97. The van der Waals surface area contributed by atoms with Gasteiger partial charge in [-0.3, -0.25) is 9.59 Å². The van der Waals surface area contributed by atoms with Gasteiger partial charge in [0.1, 0.15) is 6.50 Å². The summed E-state index contributed by atoms with van der Waals surface area (Å²) in [6.07, 6.45) is -14.9. The first-order chi connectivity index (χ1) is 37.7. The molecule has 1 aromatic heterocycles. The lowest BCUT2D eigenvalue weighted by Crippen LogP contribution is -2.48. The molecule has 0 atom stereocenters. The van der Waals surface area contributed by atoms with E-state index in [1.807, 2.05) is 0 Å². The van der Waals surface area contributed by atoms with Crippen LogP contribution in [0.5, 0.6) is 0 Å². The van der Waals surface area contributed by atoms with Crippen molar-refractivity contribution in [2.24, 2.45) is 0 Å². The number of hydrogen-bond donors (Lipinski definition) is 0. The van der Waals surface area contributed by atoms with Crippen LogP contribution in [0.1, 0.15) is 77.5 Å². The van der Waals surface area contributed by atoms with E-state index in [-0.39, 0.29) is 4.90 Å². The van der Waals surface area contributed by atoms with Crippen molar-refractivity contribution in [1.29, 1.82) is 0 Å². The number of rotatable bonds is 12. The summed E-state index contributed by atoms with van der Waals surface area (Å²) >= 11 is -0.823. The number of pyridine rings is 1. The van der Waals surface area contributed by atoms with Crippen LogP contribution in [0.4, 0.5) is 22.0 Å². The molecule has 0 aliphatic carbocycles. The molecule has 0 saturated carbocycles. The minimum absolute atomic E-state index is 0.329. The number of carbonyl (C=O) groups excluding carboxylic acids is 1. The Morgan fingerprint density at radius 1 is 1.02 bits per heavy atom. The number of halogens is 5. The number of fused-ring (bicyclic) bond motifs is 1. The Morgan fingerprint density at radius 2 is 1.75 bits per heavy atom. The first kappa shape index (κ1) is 15.3. The van der Waals surface area contributed by atoms with Gasteiger partial charge < -0.3 is 19.1 Å². The number of methoxy groups -OCH3 is 1. The molecule has 53 heavy (non-hydrogen) atoms. The van der Waals surface area contributed by atoms with Crippen molar-refractivity contribution in [3.63, 3.8) is 0 Å². The Morgan fingerprint density at radius 3 is 2.49 bits per heavy atom. The van der Waals surface area contributed by atoms with E-state index in [9.17, 15) is 27.6 Å². The van der Waals surface area contributed by atoms with Crippen molar-refractivity contribution in [3.05, 3.63) is 135 Å². The van der Waals surface area contributed by atoms with Crippen LogP contribution in [-0.4, -0.2) is 59.5 Å². The van der Waals surface area contributed by atoms with Gasteiger partial charge in [0.15, 0.2) is 17.1 Å². The van der Waals surface area contributed by atoms with Gasteiger partial charge in [-0.2, -0.15) is 13.2 Å². The summed E-state index contributed by atoms with van der Waals surface area (Å²) in [6.45, 7) is -17.4. The summed E-state index contributed by atoms with van der Waals surface area (Å²) in [4.78, 5) is 29.1. The Hall–Kier alpha value is -4.52. The predicted octanol–water partition coefficient (Wildman–Crippen LogP) is 8.71. The molecular weight excluding hydrogens is 710 g/mol. The van der Waals surface area contributed by atoms with Gasteiger partial charge in [-0.1, -0.05) is 54.4 Å². The fourth-order valence-electron chi connectivity index (χ4n) is 4.31. The molecule has 1 amide bonds. The summed E-state index contributed by atoms with van der Waals surface area (Å²) < 4.78 is 347. The molecule has 12 heteroatoms. The van der Waals surface area contributed by atoms with Crippen LogP contribution in [0.25, 0.3) is 22.0 Å². The van der Waals surface area contributed by atoms with Crippen LogP contribution in [0.15, 0.2) is 100 Å². The highest BCUT2D eigenvalue weighted by molar-refractivity contribution is 7.98. The van der Waals surface area contributed by atoms with E-state index in [2.05, 4.69) is 4.74 Å². The third kappa shape index (κ3) is 9.00. The number of piperidine rings is 1. The van der Waals surface area contributed by atoms with E-state index < -0.39 is 261 Å². The number of benzene rings is 4. The van der Waals surface area contributed by atoms with E-state index in [1.54, 1.807) is 0 Å². The number of nitrogens with zero attached hydrogens (tertiary/aromatic N) is 3. The summed E-state index contributed by atoms with van der Waals surface area (Å²) in [5.41, 5.74) is -15.9. The molecule has 0 radical (unpaired) electrons. The van der Waals surface area contributed by atoms with Gasteiger partial charge in [0.2, 0.25) is 5.91 Å². The highest BCUT2D eigenvalue weighted by Gasteiger charge is 2.31. The molecule has 0 unspecified atom stereocenters. The number of likely N-dealkylation sites (tertiary alicyclic amines) is 1. The van der Waals surface area contributed by atoms with Gasteiger partial charge in [0.05, 0.1) is 51.5 Å². The molecule has 2 heterocycles. The van der Waals surface area contributed by atoms with Gasteiger partial charge >= 0.3 is 6.18 Å². The second kappa shape index (κ2) is 16.7. The highest BCUT2D eigenvalue weighted by Crippen LogP contribution is 2.32. The van der Waals surface area contributed by atoms with Crippen molar-refractivity contribution in [1.82, 2.24) is 14.4 Å². The Balaban J connectivity index is 1.80. The predicted molar refractivity (Wildman–Crippen MR) is 198 cm³/mol. The normalized spacial score (nSPS) is 27.8. The maximum absolute atomic E-state index is 16.0. The number of thioether (sulfide) groups is 1. The molecular formula is C41H40F5N3O3S. The van der Waals surface area contributed by atoms with Crippen molar-refractivity contribution in [2.75, 3.05) is 33.2 Å². The topological polar surface area (TPSA) is 54.8 Å². The number of hydrogen-bond acceptors (Lipinski definition) is 5. The van der Waals surface area contributed by atoms with Crippen molar-refractivity contribution < 1.29 is 74.0 Å². The zero-order chi connectivity index (χ0) is 64.9. The van der Waals surface area contributed by atoms with E-state index in [1.165, 1.54) is 0 Å². The van der Waals surface area contributed by atoms with Gasteiger partial charge in [0.25, 0.3) is 0 Å². The van der Waals surface area contributed by atoms with Crippen LogP contribution in [0, 0.1) is 18.6 Å². The van der Waals surface area contributed by atoms with Gasteiger partial charge in [-0.25, -0.2) is 8.78 Å². The SMILES string of the molecule is [2H]c1c([2H])c(F)c(F)c(C([2H])([2H])Sc2c([2H])c(=O)c3c([2H])c([2H])c([2H])c([2H])c3n2C([2H])([2H])C(=O)N(Cc2c([2H])c([2H])c(-c3c([2H])c([2H])c(C(F)(F)F)c([2H])c3[2H])c([2H])c2C)C2([2H])C([2H])([2H])C([2H])([2H])N(CCOC([2H])([2H])[2H])C([2H])([2H])C2([2H])[2H])c1[2H]. The molecule has 1 saturated heterocycles. The zero-order valence-corrected chi connectivity index (χ0v) is 27.3. The average molecular weight is 781 g/mol. The zero-order valence-electron chi connectivity index (χ0n) is 57.5. The molecule has 6 rings (SSSR count). The first-order valence-electron chi connectivity index (χ1n) is 30.1. The average Bonchev–Trinajstić information content (AvgIpc) is 0.801. The fourth-order valence-corrected chi connectivity index (χ4v) is 5.02. The van der Waals surface area contributed by atoms with Gasteiger partial charge in [-0.15, -0.1) is 11.8 Å². The van der Waals surface area contributed by atoms with Crippen molar-refractivity contribution >= 4 is 28.6 Å². The number of para-hydroxylation sites is 1. The van der Waals surface area contributed by atoms with Crippen LogP contribution >= 0.6 is 11.8 Å². The molecule has 278 valence electrons. The number of carbonyl (C=O) groups is 1. The molecule has 1 aliphatic rings. The number of amides is 1. The van der Waals surface area contributed by atoms with E-state index in [0.29, 0.717) is 0 Å². The van der Waals surface area contributed by atoms with Crippen LogP contribution < -0.4 is 5.43 Å². The summed E-state index contributed by atoms with van der Waals surface area (Å²) in [7, 11) is -3.32. The first-order valence-corrected chi connectivity index (χ1v) is 15.4. The lowest BCUT2D eigenvalue weighted by molar-refractivity contribution is -0.137. The van der Waals surface area contributed by atoms with E-state index in [4.69, 9.17) is 32.9 Å². The standard InChI is InChI=1S/C41H40F5N3O3S/c1-27-22-29(28-12-14-32(15-13-28)41(44,45)46)10-11-30(27)24-48(33-16-18-47(19-17-33)20-21-52-2)38(51)25-49-36-9-4-3-7-34(36)37(50)23-39(49)53-26-31-6-5-8-35(42)40(31)43/h3-15,22-23,33H,16-21,24-26H2,1-2H3/i2D3,3D,4D,5D,6D,7D,8D,9D,10D,11D,12D,13D,14D,15D,16D2,17D2,18D2,19D2,22D,23D,25D2,26D2,33D. The second-order valence-electron chi connectivity index (χ2n) is 10.3. The molecule has 1 fully saturated rings. The monoisotopic (exact) mass is 780 g/mol. The van der Waals surface area contributed by atoms with Crippen molar-refractivity contribution in [3.8, 4) is 11.1 Å². The Labute approximate surface area is 352 Å². The minimum Gasteiger partial charge on any atom is -0.383 e. The van der Waals surface area contributed by atoms with Crippen molar-refractivity contribution in [2.45, 2.75) is 55.6 Å². The Kier molecular flexibility index (Phi) is 4.81. The molecule has 4 aromatic carbocycles. The van der Waals surface area contributed by atoms with Gasteiger partial charge in [0, 0.05) is 75.5 Å². The lowest BCUT2D eigenvalue weighted by Gasteiger charge is -2.39. The number of alkyl halides is 3. The molecule has 0 spiro atoms. The van der Waals surface area contributed by atoms with E-state index >= 15 is 13.6 Å². The maximum Gasteiger partial charge on any atom is 0.416 e. The number of ether oxygens (including phenoxy) is 1. The fraction of sp³-hybridized carbons (Fsp3) is 0.317. The molecule has 0 bridgehead atoms. The third-order valence-electron chi connectivity index (χ3n) is 6.90. The Bertz CT molecular complexity index is 3570. The summed E-state index contributed by atoms with van der Waals surface area (Å²) in [5.74, 6) is -7.46. The third-order valence-corrected chi connectivity index (χ3v) is 7.68. The smallest absolute Gasteiger partial charge is 0.383 e. The maximum atomic E-state index is 16.0. The quantitative estimate of drug-likeness (QED) is 0.0938. The van der Waals surface area contributed by atoms with Crippen LogP contribution in [-0.2, 0) is 34.5 Å². The number of aromatic nitrogens is 1. The van der Waals surface area contributed by atoms with Crippen LogP contribution in [0.3, 0.4) is 0 Å². The molecule has 0 N–H and O–H groups in total. The van der Waals surface area contributed by atoms with E-state index in [0.717, 1.165) is 6.92 Å². The minimum atomic E-state index is -5.54. The molecule has 1 aliphatic heterocycles. The largest absolute Gasteiger partial charge is 0.416 e. The van der Waals surface area contributed by atoms with Gasteiger partial charge in [-0.05, 0) is 72.1 Å². The van der Waals surface area contributed by atoms with Crippen LogP contribution in [0.2, 0.25) is 0 Å². The summed E-state index contributed by atoms with van der Waals surface area (Å²) in [5, 5.41) is -3.20. The highest BCUT2D eigenvalue weighted by atomic mass is 32.2. The molecule has 6 nitrogen and oxygen atoms in total. The summed E-state index contributed by atoms with van der Waals surface area (Å²) in [6, 6.07) is -28.0.